The first-order valence-corrected chi connectivity index (χ1v) is 8.51. The Morgan fingerprint density at radius 3 is 2.78 bits per heavy atom. The summed E-state index contributed by atoms with van der Waals surface area (Å²) in [6.07, 6.45) is 1.94. The number of nitrogens with zero attached hydrogens (tertiary/aromatic N) is 2. The van der Waals surface area contributed by atoms with Crippen molar-refractivity contribution in [1.82, 2.24) is 15.1 Å². The van der Waals surface area contributed by atoms with Crippen molar-refractivity contribution in [2.45, 2.75) is 13.0 Å². The number of aromatic amines is 1. The van der Waals surface area contributed by atoms with E-state index < -0.39 is 0 Å². The number of rotatable bonds is 5. The summed E-state index contributed by atoms with van der Waals surface area (Å²) < 4.78 is 23.8. The normalized spacial score (nSPS) is 12.2. The number of nitrogens with one attached hydrogen (secondary N) is 1. The van der Waals surface area contributed by atoms with Crippen LogP contribution in [0, 0.1) is 5.82 Å². The fourth-order valence-electron chi connectivity index (χ4n) is 3.00. The zero-order valence-electron chi connectivity index (χ0n) is 14.7. The molecule has 1 aromatic heterocycles. The summed E-state index contributed by atoms with van der Waals surface area (Å²) in [5.74, 6) is 1.04. The van der Waals surface area contributed by atoms with Gasteiger partial charge in [0, 0.05) is 24.7 Å². The molecule has 0 atom stereocenters. The van der Waals surface area contributed by atoms with Gasteiger partial charge in [-0.3, -0.25) is 9.89 Å². The van der Waals surface area contributed by atoms with Crippen molar-refractivity contribution < 1.29 is 18.7 Å². The maximum Gasteiger partial charge on any atom is 0.231 e. The first-order valence-electron chi connectivity index (χ1n) is 8.51. The van der Waals surface area contributed by atoms with Crippen molar-refractivity contribution in [3.05, 3.63) is 65.6 Å². The second-order valence-corrected chi connectivity index (χ2v) is 6.39. The van der Waals surface area contributed by atoms with Gasteiger partial charge in [0.1, 0.15) is 5.82 Å². The van der Waals surface area contributed by atoms with Gasteiger partial charge in [-0.25, -0.2) is 4.39 Å². The van der Waals surface area contributed by atoms with Crippen molar-refractivity contribution in [2.24, 2.45) is 0 Å². The molecule has 0 aliphatic carbocycles. The predicted molar refractivity (Wildman–Crippen MR) is 96.7 cm³/mol. The zero-order valence-corrected chi connectivity index (χ0v) is 14.7. The third-order valence-corrected chi connectivity index (χ3v) is 4.48. The summed E-state index contributed by atoms with van der Waals surface area (Å²) in [4.78, 5) is 14.2. The van der Waals surface area contributed by atoms with Gasteiger partial charge in [-0.05, 0) is 42.0 Å². The van der Waals surface area contributed by atoms with Gasteiger partial charge >= 0.3 is 0 Å². The smallest absolute Gasteiger partial charge is 0.231 e. The fraction of sp³-hybridized carbons (Fsp3) is 0.200. The Kier molecular flexibility index (Phi) is 4.50. The number of carbonyl (C=O) groups excluding carboxylic acids is 1. The summed E-state index contributed by atoms with van der Waals surface area (Å²) in [5.41, 5.74) is 3.32. The lowest BCUT2D eigenvalue weighted by molar-refractivity contribution is -0.129. The maximum absolute atomic E-state index is 13.1. The van der Waals surface area contributed by atoms with Gasteiger partial charge in [0.2, 0.25) is 12.7 Å². The highest BCUT2D eigenvalue weighted by Crippen LogP contribution is 2.32. The van der Waals surface area contributed by atoms with Crippen LogP contribution in [0.4, 0.5) is 4.39 Å². The van der Waals surface area contributed by atoms with Crippen LogP contribution in [-0.4, -0.2) is 34.8 Å². The molecule has 0 unspecified atom stereocenters. The highest BCUT2D eigenvalue weighted by molar-refractivity contribution is 5.79. The minimum absolute atomic E-state index is 0.0277. The lowest BCUT2D eigenvalue weighted by atomic mass is 10.1. The highest BCUT2D eigenvalue weighted by Gasteiger charge is 2.17. The number of benzene rings is 2. The largest absolute Gasteiger partial charge is 0.454 e. The van der Waals surface area contributed by atoms with Gasteiger partial charge in [0.15, 0.2) is 11.5 Å². The number of H-pyrrole nitrogens is 1. The van der Waals surface area contributed by atoms with Crippen LogP contribution >= 0.6 is 0 Å². The Hall–Kier alpha value is -3.35. The summed E-state index contributed by atoms with van der Waals surface area (Å²) in [5, 5.41) is 6.99. The molecule has 1 aliphatic heterocycles. The lowest BCUT2D eigenvalue weighted by Crippen LogP contribution is -2.27. The zero-order chi connectivity index (χ0) is 18.8. The first kappa shape index (κ1) is 17.1. The third kappa shape index (κ3) is 3.62. The van der Waals surface area contributed by atoms with E-state index >= 15 is 0 Å². The highest BCUT2D eigenvalue weighted by atomic mass is 19.1. The average Bonchev–Trinajstić information content (AvgIpc) is 3.31. The van der Waals surface area contributed by atoms with Gasteiger partial charge in [0.05, 0.1) is 18.3 Å². The number of hydrogen-bond donors (Lipinski definition) is 1. The third-order valence-electron chi connectivity index (χ3n) is 4.48. The van der Waals surface area contributed by atoms with E-state index in [0.717, 1.165) is 22.4 Å². The van der Waals surface area contributed by atoms with Crippen LogP contribution in [0.5, 0.6) is 11.5 Å². The number of likely N-dealkylation sites (N-methyl/N-ethyl adjacent to an activating group) is 1. The molecule has 0 saturated carbocycles. The molecule has 0 fully saturated rings. The standard InChI is InChI=1S/C20H18FN3O3/c1-24(19(25)9-13-2-7-17-18(8-13)27-12-26-17)11-15-10-22-23-20(15)14-3-5-16(21)6-4-14/h2-8,10H,9,11-12H2,1H3,(H,22,23). The molecule has 27 heavy (non-hydrogen) atoms. The molecule has 2 aromatic carbocycles. The summed E-state index contributed by atoms with van der Waals surface area (Å²) >= 11 is 0. The molecule has 6 nitrogen and oxygen atoms in total. The molecule has 7 heteroatoms. The maximum atomic E-state index is 13.1. The summed E-state index contributed by atoms with van der Waals surface area (Å²) in [7, 11) is 1.75. The molecule has 0 saturated heterocycles. The Labute approximate surface area is 155 Å². The first-order chi connectivity index (χ1) is 13.1. The van der Waals surface area contributed by atoms with Gasteiger partial charge in [-0.15, -0.1) is 0 Å². The van der Waals surface area contributed by atoms with Crippen molar-refractivity contribution in [2.75, 3.05) is 13.8 Å². The van der Waals surface area contributed by atoms with Gasteiger partial charge in [-0.2, -0.15) is 5.10 Å². The molecule has 0 spiro atoms. The van der Waals surface area contributed by atoms with E-state index in [-0.39, 0.29) is 24.9 Å². The number of carbonyl (C=O) groups is 1. The van der Waals surface area contributed by atoms with Crippen LogP contribution in [0.25, 0.3) is 11.3 Å². The summed E-state index contributed by atoms with van der Waals surface area (Å²) in [6, 6.07) is 11.7. The average molecular weight is 367 g/mol. The number of halogens is 1. The van der Waals surface area contributed by atoms with Crippen LogP contribution in [-0.2, 0) is 17.8 Å². The molecule has 138 valence electrons. The number of hydrogen-bond acceptors (Lipinski definition) is 4. The topological polar surface area (TPSA) is 67.5 Å². The minimum atomic E-state index is -0.296. The summed E-state index contributed by atoms with van der Waals surface area (Å²) in [6.45, 7) is 0.603. The minimum Gasteiger partial charge on any atom is -0.454 e. The quantitative estimate of drug-likeness (QED) is 0.752. The van der Waals surface area contributed by atoms with Crippen LogP contribution < -0.4 is 9.47 Å². The van der Waals surface area contributed by atoms with Crippen LogP contribution in [0.2, 0.25) is 0 Å². The SMILES string of the molecule is CN(Cc1cn[nH]c1-c1ccc(F)cc1)C(=O)Cc1ccc2c(c1)OCO2. The Bertz CT molecular complexity index is 969. The molecule has 1 N–H and O–H groups in total. The van der Waals surface area contributed by atoms with E-state index in [0.29, 0.717) is 18.0 Å². The van der Waals surface area contributed by atoms with E-state index in [1.54, 1.807) is 30.3 Å². The number of amides is 1. The molecule has 4 rings (SSSR count). The van der Waals surface area contributed by atoms with E-state index in [1.807, 2.05) is 18.2 Å². The molecular weight excluding hydrogens is 349 g/mol. The van der Waals surface area contributed by atoms with E-state index in [2.05, 4.69) is 10.2 Å². The van der Waals surface area contributed by atoms with Crippen molar-refractivity contribution in [3.63, 3.8) is 0 Å². The van der Waals surface area contributed by atoms with Crippen LogP contribution in [0.15, 0.2) is 48.7 Å². The molecule has 2 heterocycles. The molecule has 1 amide bonds. The van der Waals surface area contributed by atoms with Gasteiger partial charge in [0.25, 0.3) is 0 Å². The van der Waals surface area contributed by atoms with Crippen molar-refractivity contribution >= 4 is 5.91 Å². The predicted octanol–water partition coefficient (Wildman–Crippen LogP) is 3.15. The van der Waals surface area contributed by atoms with Gasteiger partial charge < -0.3 is 14.4 Å². The fourth-order valence-corrected chi connectivity index (χ4v) is 3.00. The monoisotopic (exact) mass is 367 g/mol. The molecule has 0 bridgehead atoms. The van der Waals surface area contributed by atoms with Gasteiger partial charge in [-0.1, -0.05) is 6.07 Å². The van der Waals surface area contributed by atoms with E-state index in [9.17, 15) is 9.18 Å². The molecule has 1 aliphatic rings. The van der Waals surface area contributed by atoms with Crippen molar-refractivity contribution in [3.8, 4) is 22.8 Å². The van der Waals surface area contributed by atoms with Crippen LogP contribution in [0.3, 0.4) is 0 Å². The Morgan fingerprint density at radius 1 is 1.19 bits per heavy atom. The molecule has 0 radical (unpaired) electrons. The Balaban J connectivity index is 1.45. The van der Waals surface area contributed by atoms with Crippen LogP contribution in [0.1, 0.15) is 11.1 Å². The van der Waals surface area contributed by atoms with E-state index in [4.69, 9.17) is 9.47 Å². The number of aromatic nitrogens is 2. The Morgan fingerprint density at radius 2 is 1.96 bits per heavy atom. The number of fused-ring (bicyclic) bond motifs is 1. The second kappa shape index (κ2) is 7.11. The number of ether oxygens (including phenoxy) is 2. The second-order valence-electron chi connectivity index (χ2n) is 6.39. The lowest BCUT2D eigenvalue weighted by Gasteiger charge is -2.17. The molecular formula is C20H18FN3O3. The van der Waals surface area contributed by atoms with Crippen molar-refractivity contribution in [1.29, 1.82) is 0 Å². The molecule has 3 aromatic rings. The van der Waals surface area contributed by atoms with E-state index in [1.165, 1.54) is 12.1 Å².